The first-order chi connectivity index (χ1) is 12.1. The first kappa shape index (κ1) is 16.9. The van der Waals surface area contributed by atoms with E-state index in [0.29, 0.717) is 29.2 Å². The molecule has 1 amide bonds. The summed E-state index contributed by atoms with van der Waals surface area (Å²) in [6.45, 7) is 1.45. The monoisotopic (exact) mass is 374 g/mol. The fourth-order valence-electron chi connectivity index (χ4n) is 3.41. The molecule has 1 saturated carbocycles. The van der Waals surface area contributed by atoms with E-state index in [4.69, 9.17) is 23.2 Å². The van der Waals surface area contributed by atoms with Crippen molar-refractivity contribution in [2.75, 3.05) is 6.67 Å². The molecule has 4 rings (SSSR count). The summed E-state index contributed by atoms with van der Waals surface area (Å²) in [6, 6.07) is 16.8. The first-order valence-electron chi connectivity index (χ1n) is 8.64. The number of hydrogen-bond acceptors (Lipinski definition) is 2. The summed E-state index contributed by atoms with van der Waals surface area (Å²) in [5, 5.41) is 1.16. The Bertz CT molecular complexity index is 777. The van der Waals surface area contributed by atoms with Crippen molar-refractivity contribution in [2.24, 2.45) is 0 Å². The van der Waals surface area contributed by atoms with Crippen LogP contribution in [0.25, 0.3) is 0 Å². The van der Waals surface area contributed by atoms with Gasteiger partial charge in [0.2, 0.25) is 5.91 Å². The minimum absolute atomic E-state index is 0.198. The molecule has 1 atom stereocenters. The molecule has 3 nitrogen and oxygen atoms in total. The average Bonchev–Trinajstić information content (AvgIpc) is 3.45. The summed E-state index contributed by atoms with van der Waals surface area (Å²) >= 11 is 12.2. The highest BCUT2D eigenvalue weighted by Gasteiger charge is 2.40. The van der Waals surface area contributed by atoms with Gasteiger partial charge in [0.05, 0.1) is 29.2 Å². The zero-order valence-electron chi connectivity index (χ0n) is 13.9. The minimum atomic E-state index is 0.198. The predicted molar refractivity (Wildman–Crippen MR) is 101 cm³/mol. The maximum atomic E-state index is 12.2. The molecule has 2 aromatic carbocycles. The van der Waals surface area contributed by atoms with Crippen LogP contribution in [0.1, 0.15) is 36.4 Å². The highest BCUT2D eigenvalue weighted by atomic mass is 35.5. The largest absolute Gasteiger partial charge is 0.322 e. The summed E-state index contributed by atoms with van der Waals surface area (Å²) in [6.07, 6.45) is 2.99. The maximum absolute atomic E-state index is 12.2. The van der Waals surface area contributed by atoms with Crippen LogP contribution < -0.4 is 0 Å². The second-order valence-electron chi connectivity index (χ2n) is 6.86. The van der Waals surface area contributed by atoms with E-state index in [2.05, 4.69) is 17.0 Å². The van der Waals surface area contributed by atoms with E-state index < -0.39 is 0 Å². The standard InChI is InChI=1S/C20H20Cl2N2O/c21-17-9-6-14(10-18(17)22)12-23(16-7-8-16)13-24-19(11-20(24)25)15-4-2-1-3-5-15/h1-6,9-10,16,19H,7-8,11-13H2. The summed E-state index contributed by atoms with van der Waals surface area (Å²) in [5.74, 6) is 0.230. The van der Waals surface area contributed by atoms with E-state index in [1.54, 1.807) is 0 Å². The van der Waals surface area contributed by atoms with Crippen molar-refractivity contribution >= 4 is 29.1 Å². The van der Waals surface area contributed by atoms with Crippen LogP contribution in [0, 0.1) is 0 Å². The van der Waals surface area contributed by atoms with Gasteiger partial charge in [0, 0.05) is 12.6 Å². The van der Waals surface area contributed by atoms with E-state index in [0.717, 1.165) is 12.1 Å². The molecule has 0 radical (unpaired) electrons. The molecule has 1 saturated heterocycles. The van der Waals surface area contributed by atoms with Gasteiger partial charge in [-0.1, -0.05) is 59.6 Å². The average molecular weight is 375 g/mol. The number of rotatable bonds is 6. The molecule has 0 aromatic heterocycles. The number of carbonyl (C=O) groups is 1. The molecular weight excluding hydrogens is 355 g/mol. The Kier molecular flexibility index (Phi) is 4.72. The molecule has 25 heavy (non-hydrogen) atoms. The SMILES string of the molecule is O=C1CC(c2ccccc2)N1CN(Cc1ccc(Cl)c(Cl)c1)C1CC1. The number of halogens is 2. The van der Waals surface area contributed by atoms with Gasteiger partial charge in [-0.25, -0.2) is 0 Å². The summed E-state index contributed by atoms with van der Waals surface area (Å²) in [4.78, 5) is 16.6. The Morgan fingerprint density at radius 2 is 1.80 bits per heavy atom. The summed E-state index contributed by atoms with van der Waals surface area (Å²) in [7, 11) is 0. The van der Waals surface area contributed by atoms with Gasteiger partial charge < -0.3 is 4.90 Å². The van der Waals surface area contributed by atoms with Gasteiger partial charge in [-0.15, -0.1) is 0 Å². The molecule has 0 N–H and O–H groups in total. The third-order valence-corrected chi connectivity index (χ3v) is 5.75. The smallest absolute Gasteiger partial charge is 0.226 e. The number of nitrogens with zero attached hydrogens (tertiary/aromatic N) is 2. The van der Waals surface area contributed by atoms with Crippen molar-refractivity contribution in [1.82, 2.24) is 9.80 Å². The fraction of sp³-hybridized carbons (Fsp3) is 0.350. The number of likely N-dealkylation sites (tertiary alicyclic amines) is 1. The van der Waals surface area contributed by atoms with Crippen LogP contribution in [0.2, 0.25) is 10.0 Å². The molecule has 1 aliphatic heterocycles. The maximum Gasteiger partial charge on any atom is 0.226 e. The van der Waals surface area contributed by atoms with Crippen LogP contribution in [-0.2, 0) is 11.3 Å². The molecule has 1 heterocycles. The second-order valence-corrected chi connectivity index (χ2v) is 7.68. The zero-order chi connectivity index (χ0) is 17.4. The van der Waals surface area contributed by atoms with Crippen LogP contribution in [-0.4, -0.2) is 28.4 Å². The number of amides is 1. The van der Waals surface area contributed by atoms with Crippen molar-refractivity contribution < 1.29 is 4.79 Å². The van der Waals surface area contributed by atoms with Crippen molar-refractivity contribution in [1.29, 1.82) is 0 Å². The normalized spacial score (nSPS) is 20.0. The third kappa shape index (κ3) is 3.69. The lowest BCUT2D eigenvalue weighted by atomic mass is 9.94. The Balaban J connectivity index is 1.48. The van der Waals surface area contributed by atoms with Gasteiger partial charge in [-0.3, -0.25) is 9.69 Å². The van der Waals surface area contributed by atoms with Crippen LogP contribution >= 0.6 is 23.2 Å². The zero-order valence-corrected chi connectivity index (χ0v) is 15.4. The number of hydrogen-bond donors (Lipinski definition) is 0. The molecule has 2 fully saturated rings. The molecule has 0 bridgehead atoms. The molecule has 2 aromatic rings. The molecule has 1 unspecified atom stereocenters. The number of β-lactam (4-membered cyclic amide) rings is 1. The Morgan fingerprint density at radius 3 is 2.44 bits per heavy atom. The quantitative estimate of drug-likeness (QED) is 0.672. The lowest BCUT2D eigenvalue weighted by Gasteiger charge is -2.43. The van der Waals surface area contributed by atoms with Crippen LogP contribution in [0.5, 0.6) is 0 Å². The van der Waals surface area contributed by atoms with Gasteiger partial charge in [-0.2, -0.15) is 0 Å². The van der Waals surface area contributed by atoms with Crippen molar-refractivity contribution in [3.05, 3.63) is 69.7 Å². The summed E-state index contributed by atoms with van der Waals surface area (Å²) in [5.41, 5.74) is 2.35. The Labute approximate surface area is 158 Å². The Hall–Kier alpha value is -1.55. The van der Waals surface area contributed by atoms with Crippen LogP contribution in [0.3, 0.4) is 0 Å². The number of carbonyl (C=O) groups excluding carboxylic acids is 1. The van der Waals surface area contributed by atoms with Gasteiger partial charge >= 0.3 is 0 Å². The van der Waals surface area contributed by atoms with Gasteiger partial charge in [0.15, 0.2) is 0 Å². The van der Waals surface area contributed by atoms with E-state index in [1.165, 1.54) is 18.4 Å². The second kappa shape index (κ2) is 6.99. The molecule has 1 aliphatic carbocycles. The molecule has 130 valence electrons. The highest BCUT2D eigenvalue weighted by Crippen LogP contribution is 2.37. The topological polar surface area (TPSA) is 23.6 Å². The van der Waals surface area contributed by atoms with E-state index in [9.17, 15) is 4.79 Å². The van der Waals surface area contributed by atoms with Crippen molar-refractivity contribution in [2.45, 2.75) is 37.9 Å². The molecule has 0 spiro atoms. The van der Waals surface area contributed by atoms with E-state index in [1.807, 2.05) is 41.3 Å². The fourth-order valence-corrected chi connectivity index (χ4v) is 3.73. The highest BCUT2D eigenvalue weighted by molar-refractivity contribution is 6.42. The first-order valence-corrected chi connectivity index (χ1v) is 9.40. The van der Waals surface area contributed by atoms with E-state index in [-0.39, 0.29) is 11.9 Å². The lowest BCUT2D eigenvalue weighted by Crippen LogP contribution is -2.51. The Morgan fingerprint density at radius 1 is 1.04 bits per heavy atom. The van der Waals surface area contributed by atoms with Gasteiger partial charge in [-0.05, 0) is 36.1 Å². The van der Waals surface area contributed by atoms with Gasteiger partial charge in [0.1, 0.15) is 0 Å². The predicted octanol–water partition coefficient (Wildman–Crippen LogP) is 4.89. The summed E-state index contributed by atoms with van der Waals surface area (Å²) < 4.78 is 0. The molecular formula is C20H20Cl2N2O. The number of benzene rings is 2. The molecule has 5 heteroatoms. The van der Waals surface area contributed by atoms with Crippen LogP contribution in [0.15, 0.2) is 48.5 Å². The third-order valence-electron chi connectivity index (χ3n) is 5.02. The molecule has 2 aliphatic rings. The van der Waals surface area contributed by atoms with Gasteiger partial charge in [0.25, 0.3) is 0 Å². The van der Waals surface area contributed by atoms with E-state index >= 15 is 0 Å². The van der Waals surface area contributed by atoms with Crippen LogP contribution in [0.4, 0.5) is 0 Å². The minimum Gasteiger partial charge on any atom is -0.322 e. The lowest BCUT2D eigenvalue weighted by molar-refractivity contribution is -0.150. The van der Waals surface area contributed by atoms with Crippen molar-refractivity contribution in [3.8, 4) is 0 Å². The van der Waals surface area contributed by atoms with Crippen molar-refractivity contribution in [3.63, 3.8) is 0 Å².